The number of rotatable bonds is 4. The molecule has 1 N–H and O–H groups in total. The van der Waals surface area contributed by atoms with Gasteiger partial charge in [-0.1, -0.05) is 0 Å². The summed E-state index contributed by atoms with van der Waals surface area (Å²) in [5.41, 5.74) is 7.13. The van der Waals surface area contributed by atoms with Crippen LogP contribution < -0.4 is 11.2 Å². The summed E-state index contributed by atoms with van der Waals surface area (Å²) in [7, 11) is 0. The summed E-state index contributed by atoms with van der Waals surface area (Å²) >= 11 is 0. The van der Waals surface area contributed by atoms with Gasteiger partial charge in [0.1, 0.15) is 30.2 Å². The van der Waals surface area contributed by atoms with Crippen LogP contribution in [0.25, 0.3) is 10.4 Å². The molecule has 0 bridgehead atoms. The lowest BCUT2D eigenvalue weighted by Crippen LogP contribution is -2.37. The quantitative estimate of drug-likeness (QED) is 0.363. The Bertz CT molecular complexity index is 751. The third-order valence-corrected chi connectivity index (χ3v) is 3.58. The number of fused-ring (bicyclic) bond motifs is 1. The van der Waals surface area contributed by atoms with Gasteiger partial charge in [-0.25, -0.2) is 4.79 Å². The highest BCUT2D eigenvalue weighted by Crippen LogP contribution is 2.42. The number of aromatic nitrogens is 2. The molecule has 1 aromatic rings. The Labute approximate surface area is 129 Å². The molecule has 3 rings (SSSR count). The lowest BCUT2D eigenvalue weighted by atomic mass is 10.1. The van der Waals surface area contributed by atoms with Gasteiger partial charge >= 0.3 is 5.69 Å². The van der Waals surface area contributed by atoms with Crippen LogP contribution in [0.3, 0.4) is 0 Å². The Kier molecular flexibility index (Phi) is 3.86. The fourth-order valence-electron chi connectivity index (χ4n) is 2.78. The van der Waals surface area contributed by atoms with Crippen LogP contribution in [0.15, 0.2) is 27.1 Å². The molecule has 11 heteroatoms. The molecule has 11 nitrogen and oxygen atoms in total. The normalized spacial score (nSPS) is 31.4. The van der Waals surface area contributed by atoms with Gasteiger partial charge in [0.15, 0.2) is 12.0 Å². The fraction of sp³-hybridized carbons (Fsp3) is 0.667. The molecule has 4 atom stereocenters. The lowest BCUT2D eigenvalue weighted by molar-refractivity contribution is -0.202. The highest BCUT2D eigenvalue weighted by molar-refractivity contribution is 4.98. The van der Waals surface area contributed by atoms with Gasteiger partial charge in [0.2, 0.25) is 0 Å². The van der Waals surface area contributed by atoms with Crippen molar-refractivity contribution in [3.05, 3.63) is 43.5 Å². The van der Waals surface area contributed by atoms with Gasteiger partial charge in [0.25, 0.3) is 5.56 Å². The Morgan fingerprint density at radius 2 is 2.17 bits per heavy atom. The van der Waals surface area contributed by atoms with Crippen LogP contribution in [0, 0.1) is 0 Å². The number of hydrogen-bond acceptors (Lipinski definition) is 7. The Morgan fingerprint density at radius 3 is 2.87 bits per heavy atom. The van der Waals surface area contributed by atoms with Crippen LogP contribution in [0.1, 0.15) is 20.1 Å². The predicted molar refractivity (Wildman–Crippen MR) is 74.2 cm³/mol. The van der Waals surface area contributed by atoms with E-state index in [9.17, 15) is 9.59 Å². The Balaban J connectivity index is 1.90. The first-order valence-electron chi connectivity index (χ1n) is 6.90. The minimum atomic E-state index is -0.861. The molecular weight excluding hydrogens is 310 g/mol. The van der Waals surface area contributed by atoms with Crippen LogP contribution in [0.4, 0.5) is 0 Å². The number of nitrogens with zero attached hydrogens (tertiary/aromatic N) is 4. The molecular formula is C12H15N5O6. The van der Waals surface area contributed by atoms with Crippen LogP contribution in [-0.4, -0.2) is 40.3 Å². The second-order valence-corrected chi connectivity index (χ2v) is 5.61. The molecule has 4 unspecified atom stereocenters. The average Bonchev–Trinajstić information content (AvgIpc) is 2.94. The standard InChI is InChI=1S/C12H15N5O6/c1-12(2)22-8-6(5-20-16-15-13)21-10(9(8)23-12)17-4-3-7(18)14-11(17)19/h3-4,6,8-10H,5H2,1-2H3,(H,14,18,19). The highest BCUT2D eigenvalue weighted by atomic mass is 16.8. The second kappa shape index (κ2) is 5.70. The maximum Gasteiger partial charge on any atom is 0.330 e. The van der Waals surface area contributed by atoms with Crippen molar-refractivity contribution in [1.82, 2.24) is 9.55 Å². The van der Waals surface area contributed by atoms with Gasteiger partial charge in [-0.05, 0) is 19.4 Å². The summed E-state index contributed by atoms with van der Waals surface area (Å²) in [6.45, 7) is 3.42. The van der Waals surface area contributed by atoms with Gasteiger partial charge in [-0.2, -0.15) is 0 Å². The number of hydrogen-bond donors (Lipinski definition) is 1. The third-order valence-electron chi connectivity index (χ3n) is 3.58. The molecule has 0 saturated carbocycles. The van der Waals surface area contributed by atoms with E-state index in [-0.39, 0.29) is 6.61 Å². The predicted octanol–water partition coefficient (Wildman–Crippen LogP) is 0.196. The van der Waals surface area contributed by atoms with Crippen LogP contribution in [-0.2, 0) is 19.0 Å². The summed E-state index contributed by atoms with van der Waals surface area (Å²) in [6.07, 6.45) is -1.16. The Morgan fingerprint density at radius 1 is 1.43 bits per heavy atom. The molecule has 2 saturated heterocycles. The SMILES string of the molecule is CC1(C)OC2C(CON=[N+]=[N-])OC(n3ccc(=O)[nH]c3=O)C2O1. The van der Waals surface area contributed by atoms with Gasteiger partial charge in [0, 0.05) is 17.2 Å². The first kappa shape index (κ1) is 15.6. The number of azide groups is 1. The highest BCUT2D eigenvalue weighted by Gasteiger charge is 2.56. The summed E-state index contributed by atoms with van der Waals surface area (Å²) in [5.74, 6) is -0.861. The fourth-order valence-corrected chi connectivity index (χ4v) is 2.78. The van der Waals surface area contributed by atoms with Crippen molar-refractivity contribution in [2.75, 3.05) is 6.61 Å². The van der Waals surface area contributed by atoms with Gasteiger partial charge in [-0.15, -0.1) is 0 Å². The van der Waals surface area contributed by atoms with Crippen molar-refractivity contribution in [1.29, 1.82) is 0 Å². The summed E-state index contributed by atoms with van der Waals surface area (Å²) in [5, 5.41) is 3.00. The van der Waals surface area contributed by atoms with E-state index in [0.29, 0.717) is 0 Å². The number of nitrogens with one attached hydrogen (secondary N) is 1. The number of H-pyrrole nitrogens is 1. The largest absolute Gasteiger partial charge is 0.431 e. The summed E-state index contributed by atoms with van der Waals surface area (Å²) < 4.78 is 18.6. The molecule has 0 spiro atoms. The van der Waals surface area contributed by atoms with Crippen LogP contribution >= 0.6 is 0 Å². The first-order valence-corrected chi connectivity index (χ1v) is 6.90. The molecule has 2 fully saturated rings. The minimum Gasteiger partial charge on any atom is -0.431 e. The van der Waals surface area contributed by atoms with Gasteiger partial charge < -0.3 is 19.0 Å². The van der Waals surface area contributed by atoms with Crippen molar-refractivity contribution in [3.63, 3.8) is 0 Å². The zero-order valence-electron chi connectivity index (χ0n) is 12.4. The smallest absolute Gasteiger partial charge is 0.330 e. The van der Waals surface area contributed by atoms with Crippen molar-refractivity contribution < 1.29 is 19.0 Å². The summed E-state index contributed by atoms with van der Waals surface area (Å²) in [4.78, 5) is 32.6. The maximum atomic E-state index is 12.0. The Hall–Kier alpha value is -2.33. The average molecular weight is 325 g/mol. The molecule has 3 heterocycles. The van der Waals surface area contributed by atoms with Gasteiger partial charge in [-0.3, -0.25) is 14.3 Å². The molecule has 0 radical (unpaired) electrons. The topological polar surface area (TPSA) is 141 Å². The van der Waals surface area contributed by atoms with Crippen molar-refractivity contribution in [2.24, 2.45) is 5.28 Å². The number of aromatic amines is 1. The second-order valence-electron chi connectivity index (χ2n) is 5.61. The molecule has 0 aromatic carbocycles. The molecule has 1 aromatic heterocycles. The van der Waals surface area contributed by atoms with E-state index < -0.39 is 41.6 Å². The van der Waals surface area contributed by atoms with Gasteiger partial charge in [0.05, 0.1) is 0 Å². The number of ether oxygens (including phenoxy) is 3. The first-order chi connectivity index (χ1) is 10.9. The zero-order valence-corrected chi connectivity index (χ0v) is 12.4. The zero-order chi connectivity index (χ0) is 16.6. The van der Waals surface area contributed by atoms with E-state index in [4.69, 9.17) is 24.6 Å². The van der Waals surface area contributed by atoms with Crippen molar-refractivity contribution in [3.8, 4) is 0 Å². The monoisotopic (exact) mass is 325 g/mol. The van der Waals surface area contributed by atoms with E-state index in [1.54, 1.807) is 13.8 Å². The van der Waals surface area contributed by atoms with E-state index >= 15 is 0 Å². The lowest BCUT2D eigenvalue weighted by Gasteiger charge is -2.24. The molecule has 0 amide bonds. The van der Waals surface area contributed by atoms with Crippen LogP contribution in [0.5, 0.6) is 0 Å². The minimum absolute atomic E-state index is 0.0563. The van der Waals surface area contributed by atoms with E-state index in [0.717, 1.165) is 0 Å². The van der Waals surface area contributed by atoms with Crippen molar-refractivity contribution in [2.45, 2.75) is 44.2 Å². The van der Waals surface area contributed by atoms with E-state index in [1.807, 2.05) is 0 Å². The summed E-state index contributed by atoms with van der Waals surface area (Å²) in [6, 6.07) is 1.21. The molecule has 2 aliphatic heterocycles. The maximum absolute atomic E-state index is 12.0. The van der Waals surface area contributed by atoms with Crippen molar-refractivity contribution >= 4 is 0 Å². The third kappa shape index (κ3) is 2.94. The van der Waals surface area contributed by atoms with E-state index in [2.05, 4.69) is 15.2 Å². The molecule has 2 aliphatic rings. The molecule has 124 valence electrons. The van der Waals surface area contributed by atoms with E-state index in [1.165, 1.54) is 16.8 Å². The molecule has 0 aliphatic carbocycles. The van der Waals surface area contributed by atoms with Crippen LogP contribution in [0.2, 0.25) is 0 Å². The molecule has 23 heavy (non-hydrogen) atoms.